The minimum Gasteiger partial charge on any atom is -0.508 e. The van der Waals surface area contributed by atoms with E-state index < -0.39 is 11.6 Å². The SMILES string of the molecule is O=C1OC2(c3ccc(O)cc3Oc3cc(O)cc(Cc4ccc(Cl)cc4)c32)c2ccccc21. The lowest BCUT2D eigenvalue weighted by Crippen LogP contribution is -2.34. The topological polar surface area (TPSA) is 76.0 Å². The van der Waals surface area contributed by atoms with Crippen molar-refractivity contribution in [3.05, 3.63) is 117 Å². The van der Waals surface area contributed by atoms with Crippen LogP contribution in [0.25, 0.3) is 0 Å². The molecule has 0 saturated heterocycles. The van der Waals surface area contributed by atoms with E-state index in [0.717, 1.165) is 11.1 Å². The summed E-state index contributed by atoms with van der Waals surface area (Å²) in [6.07, 6.45) is 0.451. The van der Waals surface area contributed by atoms with Gasteiger partial charge in [0, 0.05) is 28.3 Å². The second-order valence-electron chi connectivity index (χ2n) is 8.18. The summed E-state index contributed by atoms with van der Waals surface area (Å²) < 4.78 is 12.3. The Bertz CT molecular complexity index is 1440. The third kappa shape index (κ3) is 2.90. The van der Waals surface area contributed by atoms with Gasteiger partial charge in [0.05, 0.1) is 11.1 Å². The second kappa shape index (κ2) is 7.02. The van der Waals surface area contributed by atoms with Gasteiger partial charge in [-0.2, -0.15) is 0 Å². The van der Waals surface area contributed by atoms with Gasteiger partial charge in [0.1, 0.15) is 23.0 Å². The van der Waals surface area contributed by atoms with Crippen LogP contribution in [0.4, 0.5) is 0 Å². The van der Waals surface area contributed by atoms with E-state index in [0.29, 0.717) is 45.2 Å². The van der Waals surface area contributed by atoms with Crippen molar-refractivity contribution in [3.8, 4) is 23.0 Å². The van der Waals surface area contributed by atoms with Gasteiger partial charge in [-0.15, -0.1) is 0 Å². The van der Waals surface area contributed by atoms with Gasteiger partial charge in [0.15, 0.2) is 5.60 Å². The van der Waals surface area contributed by atoms with Gasteiger partial charge >= 0.3 is 5.97 Å². The summed E-state index contributed by atoms with van der Waals surface area (Å²) in [7, 11) is 0. The molecule has 162 valence electrons. The Morgan fingerprint density at radius 3 is 2.39 bits per heavy atom. The second-order valence-corrected chi connectivity index (χ2v) is 8.62. The normalized spacial score (nSPS) is 17.7. The molecule has 33 heavy (non-hydrogen) atoms. The lowest BCUT2D eigenvalue weighted by atomic mass is 9.75. The van der Waals surface area contributed by atoms with Crippen LogP contribution in [0, 0.1) is 0 Å². The van der Waals surface area contributed by atoms with Crippen LogP contribution >= 0.6 is 11.6 Å². The highest BCUT2D eigenvalue weighted by Gasteiger charge is 2.54. The number of fused-ring (bicyclic) bond motifs is 6. The van der Waals surface area contributed by atoms with Gasteiger partial charge in [0.25, 0.3) is 0 Å². The summed E-state index contributed by atoms with van der Waals surface area (Å²) in [5.74, 6) is 0.320. The number of phenolic OH excluding ortho intramolecular Hbond substituents is 2. The Kier molecular flexibility index (Phi) is 4.19. The Morgan fingerprint density at radius 2 is 1.58 bits per heavy atom. The molecule has 1 unspecified atom stereocenters. The average molecular weight is 457 g/mol. The van der Waals surface area contributed by atoms with Gasteiger partial charge < -0.3 is 19.7 Å². The first-order chi connectivity index (χ1) is 16.0. The third-order valence-electron chi connectivity index (χ3n) is 6.16. The minimum atomic E-state index is -1.28. The van der Waals surface area contributed by atoms with Crippen LogP contribution in [-0.4, -0.2) is 16.2 Å². The molecule has 4 aromatic carbocycles. The first kappa shape index (κ1) is 19.7. The Balaban J connectivity index is 1.66. The molecule has 2 aliphatic heterocycles. The molecule has 2 aliphatic rings. The molecule has 0 saturated carbocycles. The molecule has 0 bridgehead atoms. The van der Waals surface area contributed by atoms with E-state index in [9.17, 15) is 15.0 Å². The third-order valence-corrected chi connectivity index (χ3v) is 6.42. The molecule has 1 spiro atoms. The van der Waals surface area contributed by atoms with E-state index in [-0.39, 0.29) is 11.5 Å². The number of benzene rings is 4. The van der Waals surface area contributed by atoms with Crippen LogP contribution in [0.1, 0.15) is 38.2 Å². The lowest BCUT2D eigenvalue weighted by Gasteiger charge is -2.38. The number of carbonyl (C=O) groups is 1. The number of phenols is 2. The van der Waals surface area contributed by atoms with Gasteiger partial charge in [-0.3, -0.25) is 0 Å². The molecule has 2 heterocycles. The van der Waals surface area contributed by atoms with Crippen LogP contribution in [0.3, 0.4) is 0 Å². The highest BCUT2D eigenvalue weighted by atomic mass is 35.5. The minimum absolute atomic E-state index is 0.0199. The molecular formula is C27H17ClO5. The molecular weight excluding hydrogens is 440 g/mol. The maximum absolute atomic E-state index is 13.0. The molecule has 0 radical (unpaired) electrons. The smallest absolute Gasteiger partial charge is 0.340 e. The summed E-state index contributed by atoms with van der Waals surface area (Å²) in [5, 5.41) is 21.2. The van der Waals surface area contributed by atoms with Gasteiger partial charge in [0.2, 0.25) is 0 Å². The Morgan fingerprint density at radius 1 is 0.818 bits per heavy atom. The Labute approximate surface area is 194 Å². The average Bonchev–Trinajstić information content (AvgIpc) is 3.08. The molecule has 0 aliphatic carbocycles. The molecule has 0 aromatic heterocycles. The van der Waals surface area contributed by atoms with E-state index >= 15 is 0 Å². The molecule has 1 atom stereocenters. The number of esters is 1. The van der Waals surface area contributed by atoms with Crippen molar-refractivity contribution >= 4 is 17.6 Å². The summed E-state index contributed by atoms with van der Waals surface area (Å²) in [5.41, 5.74) is 2.84. The fourth-order valence-electron chi connectivity index (χ4n) is 4.84. The van der Waals surface area contributed by atoms with Crippen LogP contribution < -0.4 is 4.74 Å². The number of hydrogen-bond donors (Lipinski definition) is 2. The Hall–Kier alpha value is -3.96. The predicted molar refractivity (Wildman–Crippen MR) is 122 cm³/mol. The summed E-state index contributed by atoms with van der Waals surface area (Å²) >= 11 is 6.06. The largest absolute Gasteiger partial charge is 0.508 e. The van der Waals surface area contributed by atoms with Gasteiger partial charge in [-0.05, 0) is 53.9 Å². The molecule has 6 rings (SSSR count). The van der Waals surface area contributed by atoms with Crippen LogP contribution in [0.2, 0.25) is 5.02 Å². The van der Waals surface area contributed by atoms with Crippen molar-refractivity contribution in [1.29, 1.82) is 0 Å². The van der Waals surface area contributed by atoms with Crippen molar-refractivity contribution in [2.75, 3.05) is 0 Å². The van der Waals surface area contributed by atoms with E-state index in [1.165, 1.54) is 12.1 Å². The number of hydrogen-bond acceptors (Lipinski definition) is 5. The maximum atomic E-state index is 13.0. The quantitative estimate of drug-likeness (QED) is 0.367. The zero-order valence-electron chi connectivity index (χ0n) is 17.2. The standard InChI is InChI=1S/C27H17ClO5/c28-17-7-5-15(6-8-17)11-16-12-19(30)14-24-25(16)27(22-10-9-18(29)13-23(22)32-24)21-4-2-1-3-20(21)26(31)33-27/h1-10,12-14,29-30H,11H2. The highest BCUT2D eigenvalue weighted by molar-refractivity contribution is 6.30. The fraction of sp³-hybridized carbons (Fsp3) is 0.0741. The van der Waals surface area contributed by atoms with Crippen molar-refractivity contribution in [1.82, 2.24) is 0 Å². The maximum Gasteiger partial charge on any atom is 0.340 e. The van der Waals surface area contributed by atoms with E-state index in [2.05, 4.69) is 0 Å². The number of aromatic hydroxyl groups is 2. The first-order valence-electron chi connectivity index (χ1n) is 10.4. The van der Waals surface area contributed by atoms with Crippen molar-refractivity contribution < 1.29 is 24.5 Å². The fourth-order valence-corrected chi connectivity index (χ4v) is 4.97. The molecule has 2 N–H and O–H groups in total. The zero-order chi connectivity index (χ0) is 22.7. The summed E-state index contributed by atoms with van der Waals surface area (Å²) in [6, 6.07) is 22.6. The molecule has 6 heteroatoms. The molecule has 0 fully saturated rings. The van der Waals surface area contributed by atoms with Crippen LogP contribution in [0.5, 0.6) is 23.0 Å². The first-order valence-corrected chi connectivity index (χ1v) is 10.8. The molecule has 5 nitrogen and oxygen atoms in total. The molecule has 4 aromatic rings. The van der Waals surface area contributed by atoms with Crippen molar-refractivity contribution in [2.24, 2.45) is 0 Å². The monoisotopic (exact) mass is 456 g/mol. The van der Waals surface area contributed by atoms with Crippen LogP contribution in [0.15, 0.2) is 78.9 Å². The van der Waals surface area contributed by atoms with E-state index in [1.54, 1.807) is 42.5 Å². The number of ether oxygens (including phenoxy) is 2. The number of carbonyl (C=O) groups excluding carboxylic acids is 1. The highest BCUT2D eigenvalue weighted by Crippen LogP contribution is 2.58. The van der Waals surface area contributed by atoms with Crippen LogP contribution in [-0.2, 0) is 16.8 Å². The van der Waals surface area contributed by atoms with Gasteiger partial charge in [-0.25, -0.2) is 4.79 Å². The van der Waals surface area contributed by atoms with Crippen molar-refractivity contribution in [3.63, 3.8) is 0 Å². The summed E-state index contributed by atoms with van der Waals surface area (Å²) in [4.78, 5) is 13.0. The van der Waals surface area contributed by atoms with E-state index in [1.807, 2.05) is 24.3 Å². The van der Waals surface area contributed by atoms with Crippen molar-refractivity contribution in [2.45, 2.75) is 12.0 Å². The number of halogens is 1. The number of rotatable bonds is 2. The van der Waals surface area contributed by atoms with Gasteiger partial charge in [-0.1, -0.05) is 41.9 Å². The lowest BCUT2D eigenvalue weighted by molar-refractivity contribution is 0.0221. The zero-order valence-corrected chi connectivity index (χ0v) is 18.0. The molecule has 0 amide bonds. The summed E-state index contributed by atoms with van der Waals surface area (Å²) in [6.45, 7) is 0. The van der Waals surface area contributed by atoms with E-state index in [4.69, 9.17) is 21.1 Å². The predicted octanol–water partition coefficient (Wildman–Crippen LogP) is 5.91.